The van der Waals surface area contributed by atoms with Crippen molar-refractivity contribution < 1.29 is 33.7 Å². The Kier molecular flexibility index (Phi) is 12.3. The second-order valence-corrected chi connectivity index (χ2v) is 14.0. The lowest BCUT2D eigenvalue weighted by molar-refractivity contribution is -0.144. The number of carboxylic acid groups (broad SMARTS) is 1. The number of hydrogen-bond donors (Lipinski definition) is 1. The zero-order valence-corrected chi connectivity index (χ0v) is 29.1. The number of amides is 3. The van der Waals surface area contributed by atoms with Gasteiger partial charge in [-0.1, -0.05) is 52.8 Å². The molecule has 0 aliphatic carbocycles. The van der Waals surface area contributed by atoms with Gasteiger partial charge in [-0.05, 0) is 49.1 Å². The summed E-state index contributed by atoms with van der Waals surface area (Å²) in [7, 11) is 3.21. The molecule has 2 aromatic rings. The van der Waals surface area contributed by atoms with Crippen molar-refractivity contribution in [3.63, 3.8) is 0 Å². The molecule has 0 saturated carbocycles. The van der Waals surface area contributed by atoms with Gasteiger partial charge in [-0.2, -0.15) is 4.98 Å². The van der Waals surface area contributed by atoms with Crippen molar-refractivity contribution in [1.29, 1.82) is 0 Å². The molecule has 0 spiro atoms. The molecule has 12 heteroatoms. The molecule has 47 heavy (non-hydrogen) atoms. The van der Waals surface area contributed by atoms with Crippen molar-refractivity contribution in [3.05, 3.63) is 41.7 Å². The number of benzene rings is 1. The van der Waals surface area contributed by atoms with E-state index in [-0.39, 0.29) is 30.0 Å². The van der Waals surface area contributed by atoms with E-state index in [0.717, 1.165) is 24.2 Å². The molecule has 4 rings (SSSR count). The van der Waals surface area contributed by atoms with Gasteiger partial charge < -0.3 is 34.0 Å². The lowest BCUT2D eigenvalue weighted by Gasteiger charge is -2.52. The summed E-state index contributed by atoms with van der Waals surface area (Å²) < 4.78 is 18.4. The number of unbranched alkanes of at least 4 members (excludes halogenated alkanes) is 1. The molecule has 2 fully saturated rings. The summed E-state index contributed by atoms with van der Waals surface area (Å²) in [6, 6.07) is 8.86. The van der Waals surface area contributed by atoms with Crippen LogP contribution in [0.25, 0.3) is 5.69 Å². The number of hydrogen-bond acceptors (Lipinski definition) is 7. The van der Waals surface area contributed by atoms with E-state index < -0.39 is 29.5 Å². The zero-order chi connectivity index (χ0) is 34.3. The molecule has 1 aromatic carbocycles. The van der Waals surface area contributed by atoms with Crippen LogP contribution in [0.3, 0.4) is 0 Å². The van der Waals surface area contributed by atoms with Gasteiger partial charge in [0.25, 0.3) is 5.91 Å². The van der Waals surface area contributed by atoms with Crippen LogP contribution in [0.5, 0.6) is 6.01 Å². The van der Waals surface area contributed by atoms with Crippen molar-refractivity contribution in [2.75, 3.05) is 60.2 Å². The monoisotopic (exact) mass is 655 g/mol. The molecule has 1 unspecified atom stereocenters. The zero-order valence-electron chi connectivity index (χ0n) is 29.1. The number of carbonyl (C=O) groups excluding carboxylic acids is 2. The van der Waals surface area contributed by atoms with Crippen LogP contribution in [-0.2, 0) is 20.7 Å². The van der Waals surface area contributed by atoms with Gasteiger partial charge in [0.15, 0.2) is 5.69 Å². The van der Waals surface area contributed by atoms with Crippen molar-refractivity contribution in [2.24, 2.45) is 17.3 Å². The average Bonchev–Trinajstić information content (AvgIpc) is 3.43. The Balaban J connectivity index is 1.84. The summed E-state index contributed by atoms with van der Waals surface area (Å²) in [5, 5.41) is 10.5. The largest absolute Gasteiger partial charge is 0.468 e. The molecule has 0 bridgehead atoms. The second kappa shape index (κ2) is 16.0. The van der Waals surface area contributed by atoms with Crippen molar-refractivity contribution >= 4 is 17.9 Å². The highest BCUT2D eigenvalue weighted by Gasteiger charge is 2.50. The molecule has 1 aromatic heterocycles. The third kappa shape index (κ3) is 8.45. The number of likely N-dealkylation sites (tertiary alicyclic amines) is 1. The standard InChI is InChI=1S/C35H53N5O7/c1-24(2)22-38(28-21-25(31(41)37-16-19-47-20-17-37)23-39(34(43)44)30(28)35(3,4)5)32(42)29-27(15-11-12-18-45-6)40(33(36-29)46-7)26-13-9-8-10-14-26/h8-10,13-14,24-25,28,30H,11-12,15-23H2,1-7H3,(H,43,44)/t25-,28+,30?/m1/s1. The Labute approximate surface area is 279 Å². The quantitative estimate of drug-likeness (QED) is 0.329. The summed E-state index contributed by atoms with van der Waals surface area (Å²) in [5.74, 6) is -0.920. The number of rotatable bonds is 12. The number of nitrogens with zero attached hydrogens (tertiary/aromatic N) is 5. The SMILES string of the molecule is COCCCCc1c(C(=O)N(CC(C)C)[C@H]2C[C@@H](C(=O)N3CCOCC3)CN(C(=O)O)C2C(C)(C)C)nc(OC)n1-c1ccccc1. The predicted octanol–water partition coefficient (Wildman–Crippen LogP) is 4.59. The minimum Gasteiger partial charge on any atom is -0.468 e. The van der Waals surface area contributed by atoms with Crippen LogP contribution < -0.4 is 4.74 Å². The highest BCUT2D eigenvalue weighted by atomic mass is 16.5. The van der Waals surface area contributed by atoms with E-state index in [1.807, 2.05) is 69.5 Å². The van der Waals surface area contributed by atoms with Crippen molar-refractivity contribution in [1.82, 2.24) is 24.3 Å². The molecule has 12 nitrogen and oxygen atoms in total. The first-order valence-corrected chi connectivity index (χ1v) is 16.8. The van der Waals surface area contributed by atoms with Crippen LogP contribution in [0, 0.1) is 17.3 Å². The fourth-order valence-corrected chi connectivity index (χ4v) is 7.06. The Morgan fingerprint density at radius 3 is 2.34 bits per heavy atom. The number of ether oxygens (including phenoxy) is 3. The number of piperidine rings is 1. The van der Waals surface area contributed by atoms with Crippen LogP contribution in [0.4, 0.5) is 4.79 Å². The molecule has 1 N–H and O–H groups in total. The van der Waals surface area contributed by atoms with Gasteiger partial charge in [0.1, 0.15) is 0 Å². The lowest BCUT2D eigenvalue weighted by Crippen LogP contribution is -2.66. The maximum atomic E-state index is 15.0. The first-order chi connectivity index (χ1) is 22.4. The van der Waals surface area contributed by atoms with Gasteiger partial charge in [-0.3, -0.25) is 14.2 Å². The van der Waals surface area contributed by atoms with E-state index in [1.165, 1.54) is 4.90 Å². The maximum Gasteiger partial charge on any atom is 0.407 e. The predicted molar refractivity (Wildman–Crippen MR) is 178 cm³/mol. The minimum absolute atomic E-state index is 0.0661. The Morgan fingerprint density at radius 2 is 1.77 bits per heavy atom. The Morgan fingerprint density at radius 1 is 1.09 bits per heavy atom. The van der Waals surface area contributed by atoms with Gasteiger partial charge in [-0.15, -0.1) is 0 Å². The van der Waals surface area contributed by atoms with E-state index in [1.54, 1.807) is 24.0 Å². The van der Waals surface area contributed by atoms with Crippen LogP contribution in [0.1, 0.15) is 70.1 Å². The summed E-state index contributed by atoms with van der Waals surface area (Å²) >= 11 is 0. The third-order valence-corrected chi connectivity index (χ3v) is 9.02. The molecule has 2 aliphatic heterocycles. The van der Waals surface area contributed by atoms with Gasteiger partial charge in [0, 0.05) is 39.9 Å². The van der Waals surface area contributed by atoms with Crippen molar-refractivity contribution in [3.8, 4) is 11.7 Å². The number of para-hydroxylation sites is 1. The van der Waals surface area contributed by atoms with E-state index in [0.29, 0.717) is 58.3 Å². The maximum absolute atomic E-state index is 15.0. The highest BCUT2D eigenvalue weighted by Crippen LogP contribution is 2.39. The molecular formula is C35H53N5O7. The van der Waals surface area contributed by atoms with E-state index in [9.17, 15) is 14.7 Å². The average molecular weight is 656 g/mol. The molecule has 260 valence electrons. The summed E-state index contributed by atoms with van der Waals surface area (Å²) in [6.07, 6.45) is 1.37. The van der Waals surface area contributed by atoms with E-state index >= 15 is 4.79 Å². The molecule has 2 aliphatic rings. The molecule has 3 atom stereocenters. The second-order valence-electron chi connectivity index (χ2n) is 14.0. The fourth-order valence-electron chi connectivity index (χ4n) is 7.06. The Bertz CT molecular complexity index is 1350. The first-order valence-electron chi connectivity index (χ1n) is 16.8. The highest BCUT2D eigenvalue weighted by molar-refractivity contribution is 5.94. The molecule has 3 amide bonds. The van der Waals surface area contributed by atoms with Gasteiger partial charge in [0.05, 0.1) is 49.7 Å². The first kappa shape index (κ1) is 36.2. The van der Waals surface area contributed by atoms with Gasteiger partial charge in [-0.25, -0.2) is 4.79 Å². The van der Waals surface area contributed by atoms with E-state index in [2.05, 4.69) is 0 Å². The summed E-state index contributed by atoms with van der Waals surface area (Å²) in [6.45, 7) is 12.9. The number of methoxy groups -OCH3 is 2. The Hall–Kier alpha value is -3.64. The normalized spacial score (nSPS) is 20.4. The summed E-state index contributed by atoms with van der Waals surface area (Å²) in [5.41, 5.74) is 1.30. The number of aromatic nitrogens is 2. The summed E-state index contributed by atoms with van der Waals surface area (Å²) in [4.78, 5) is 51.5. The third-order valence-electron chi connectivity index (χ3n) is 9.02. The smallest absolute Gasteiger partial charge is 0.407 e. The number of carbonyl (C=O) groups is 3. The van der Waals surface area contributed by atoms with Gasteiger partial charge in [0.2, 0.25) is 5.91 Å². The fraction of sp³-hybridized carbons (Fsp3) is 0.657. The topological polar surface area (TPSA) is 127 Å². The van der Waals surface area contributed by atoms with Gasteiger partial charge >= 0.3 is 12.1 Å². The van der Waals surface area contributed by atoms with Crippen LogP contribution in [0.2, 0.25) is 0 Å². The lowest BCUT2D eigenvalue weighted by atomic mass is 9.74. The number of imidazole rings is 1. The van der Waals surface area contributed by atoms with E-state index in [4.69, 9.17) is 19.2 Å². The minimum atomic E-state index is -1.10. The van der Waals surface area contributed by atoms with Crippen LogP contribution >= 0.6 is 0 Å². The number of morpholine rings is 1. The van der Waals surface area contributed by atoms with Crippen LogP contribution in [0.15, 0.2) is 30.3 Å². The molecule has 2 saturated heterocycles. The molecule has 3 heterocycles. The van der Waals surface area contributed by atoms with Crippen LogP contribution in [-0.4, -0.2) is 120 Å². The molecule has 0 radical (unpaired) electrons. The van der Waals surface area contributed by atoms with Crippen molar-refractivity contribution in [2.45, 2.75) is 72.4 Å². The molecular weight excluding hydrogens is 602 g/mol.